The third-order valence-electron chi connectivity index (χ3n) is 3.54. The van der Waals surface area contributed by atoms with E-state index in [0.29, 0.717) is 31.9 Å². The molecule has 0 fully saturated rings. The van der Waals surface area contributed by atoms with Crippen LogP contribution in [0.25, 0.3) is 0 Å². The predicted molar refractivity (Wildman–Crippen MR) is 75.3 cm³/mol. The molecule has 1 amide bonds. The van der Waals surface area contributed by atoms with Gasteiger partial charge in [-0.1, -0.05) is 18.2 Å². The van der Waals surface area contributed by atoms with E-state index in [1.807, 2.05) is 28.8 Å². The monoisotopic (exact) mass is 287 g/mol. The number of ether oxygens (including phenoxy) is 1. The van der Waals surface area contributed by atoms with Crippen molar-refractivity contribution in [3.05, 3.63) is 42.0 Å². The number of aromatic nitrogens is 3. The fourth-order valence-corrected chi connectivity index (χ4v) is 2.32. The number of carbonyl (C=O) groups excluding carboxylic acids is 1. The van der Waals surface area contributed by atoms with E-state index >= 15 is 0 Å². The number of hydrogen-bond donors (Lipinski definition) is 1. The fourth-order valence-electron chi connectivity index (χ4n) is 2.32. The highest BCUT2D eigenvalue weighted by Gasteiger charge is 2.22. The molecule has 2 N–H and O–H groups in total. The Bertz CT molecular complexity index is 640. The van der Waals surface area contributed by atoms with Crippen LogP contribution in [0.5, 0.6) is 5.75 Å². The maximum absolute atomic E-state index is 12.2. The summed E-state index contributed by atoms with van der Waals surface area (Å²) in [4.78, 5) is 13.9. The molecule has 3 rings (SSSR count). The van der Waals surface area contributed by atoms with Crippen molar-refractivity contribution in [3.8, 4) is 5.75 Å². The molecule has 21 heavy (non-hydrogen) atoms. The minimum absolute atomic E-state index is 0.00511. The van der Waals surface area contributed by atoms with Crippen molar-refractivity contribution in [2.75, 3.05) is 13.2 Å². The summed E-state index contributed by atoms with van der Waals surface area (Å²) in [5.74, 6) is 1.40. The summed E-state index contributed by atoms with van der Waals surface area (Å²) in [5.41, 5.74) is 6.54. The van der Waals surface area contributed by atoms with Crippen molar-refractivity contribution >= 4 is 5.91 Å². The molecule has 2 aromatic rings. The summed E-state index contributed by atoms with van der Waals surface area (Å²) in [6.07, 6.45) is 1.69. The molecular weight excluding hydrogens is 270 g/mol. The summed E-state index contributed by atoms with van der Waals surface area (Å²) >= 11 is 0. The normalized spacial score (nSPS) is 13.9. The van der Waals surface area contributed by atoms with Crippen molar-refractivity contribution in [1.82, 2.24) is 19.7 Å². The zero-order valence-corrected chi connectivity index (χ0v) is 11.6. The molecule has 7 heteroatoms. The Morgan fingerprint density at radius 2 is 2.19 bits per heavy atom. The number of amides is 1. The lowest BCUT2D eigenvalue weighted by atomic mass is 10.2. The number of benzene rings is 1. The number of hydrogen-bond acceptors (Lipinski definition) is 5. The van der Waals surface area contributed by atoms with Gasteiger partial charge >= 0.3 is 0 Å². The summed E-state index contributed by atoms with van der Waals surface area (Å²) in [6.45, 7) is 2.22. The minimum Gasteiger partial charge on any atom is -0.483 e. The van der Waals surface area contributed by atoms with E-state index in [-0.39, 0.29) is 12.5 Å². The second kappa shape index (κ2) is 5.92. The molecule has 0 bridgehead atoms. The van der Waals surface area contributed by atoms with Crippen LogP contribution in [0.1, 0.15) is 11.4 Å². The highest BCUT2D eigenvalue weighted by molar-refractivity contribution is 5.77. The van der Waals surface area contributed by atoms with Crippen LogP contribution in [0, 0.1) is 0 Å². The number of rotatable bonds is 4. The maximum atomic E-state index is 12.2. The Morgan fingerprint density at radius 3 is 3.05 bits per heavy atom. The van der Waals surface area contributed by atoms with Crippen molar-refractivity contribution in [2.24, 2.45) is 5.73 Å². The standard InChI is InChI=1S/C14H17N5O2/c15-7-11-3-1-2-4-12(11)21-9-14(20)18-5-6-19-10-16-17-13(19)8-18/h1-4,10H,5-9,15H2. The van der Waals surface area contributed by atoms with E-state index in [0.717, 1.165) is 11.4 Å². The molecular formula is C14H17N5O2. The molecule has 1 aromatic carbocycles. The minimum atomic E-state index is -0.0592. The molecule has 0 saturated carbocycles. The molecule has 2 heterocycles. The SMILES string of the molecule is NCc1ccccc1OCC(=O)N1CCn2cnnc2C1. The molecule has 110 valence electrons. The van der Waals surface area contributed by atoms with Crippen molar-refractivity contribution in [1.29, 1.82) is 0 Å². The van der Waals surface area contributed by atoms with Crippen LogP contribution < -0.4 is 10.5 Å². The highest BCUT2D eigenvalue weighted by atomic mass is 16.5. The quantitative estimate of drug-likeness (QED) is 0.865. The Kier molecular flexibility index (Phi) is 3.83. The number of fused-ring (bicyclic) bond motifs is 1. The largest absolute Gasteiger partial charge is 0.483 e. The third kappa shape index (κ3) is 2.87. The van der Waals surface area contributed by atoms with Crippen LogP contribution in [0.4, 0.5) is 0 Å². The van der Waals surface area contributed by atoms with Gasteiger partial charge in [-0.15, -0.1) is 10.2 Å². The maximum Gasteiger partial charge on any atom is 0.260 e. The molecule has 0 spiro atoms. The molecule has 0 atom stereocenters. The zero-order chi connectivity index (χ0) is 14.7. The van der Waals surface area contributed by atoms with Crippen LogP contribution in [0.3, 0.4) is 0 Å². The van der Waals surface area contributed by atoms with Gasteiger partial charge in [-0.2, -0.15) is 0 Å². The predicted octanol–water partition coefficient (Wildman–Crippen LogP) is 0.158. The van der Waals surface area contributed by atoms with Gasteiger partial charge in [0.05, 0.1) is 6.54 Å². The fraction of sp³-hybridized carbons (Fsp3) is 0.357. The van der Waals surface area contributed by atoms with E-state index in [9.17, 15) is 4.79 Å². The summed E-state index contributed by atoms with van der Waals surface area (Å²) in [7, 11) is 0. The molecule has 7 nitrogen and oxygen atoms in total. The van der Waals surface area contributed by atoms with E-state index in [4.69, 9.17) is 10.5 Å². The zero-order valence-electron chi connectivity index (χ0n) is 11.6. The van der Waals surface area contributed by atoms with Crippen molar-refractivity contribution in [2.45, 2.75) is 19.6 Å². The van der Waals surface area contributed by atoms with Crippen LogP contribution in [0.15, 0.2) is 30.6 Å². The number of nitrogens with two attached hydrogens (primary N) is 1. The topological polar surface area (TPSA) is 86.3 Å². The second-order valence-electron chi connectivity index (χ2n) is 4.86. The summed E-state index contributed by atoms with van der Waals surface area (Å²) < 4.78 is 7.55. The van der Waals surface area contributed by atoms with Crippen molar-refractivity contribution in [3.63, 3.8) is 0 Å². The van der Waals surface area contributed by atoms with Gasteiger partial charge in [0.2, 0.25) is 0 Å². The average Bonchev–Trinajstić information content (AvgIpc) is 3.00. The first-order valence-electron chi connectivity index (χ1n) is 6.83. The first-order valence-corrected chi connectivity index (χ1v) is 6.83. The van der Waals surface area contributed by atoms with Gasteiger partial charge in [0.1, 0.15) is 12.1 Å². The molecule has 1 aromatic heterocycles. The van der Waals surface area contributed by atoms with Crippen LogP contribution in [0.2, 0.25) is 0 Å². The Morgan fingerprint density at radius 1 is 1.33 bits per heavy atom. The first kappa shape index (κ1) is 13.6. The van der Waals surface area contributed by atoms with E-state index in [1.54, 1.807) is 11.2 Å². The highest BCUT2D eigenvalue weighted by Crippen LogP contribution is 2.17. The van der Waals surface area contributed by atoms with Crippen LogP contribution >= 0.6 is 0 Å². The second-order valence-corrected chi connectivity index (χ2v) is 4.86. The van der Waals surface area contributed by atoms with E-state index < -0.39 is 0 Å². The Balaban J connectivity index is 1.60. The summed E-state index contributed by atoms with van der Waals surface area (Å²) in [6, 6.07) is 7.47. The van der Waals surface area contributed by atoms with Gasteiger partial charge in [0, 0.05) is 25.2 Å². The van der Waals surface area contributed by atoms with E-state index in [2.05, 4.69) is 10.2 Å². The van der Waals surface area contributed by atoms with Crippen LogP contribution in [-0.4, -0.2) is 38.7 Å². The number of carbonyl (C=O) groups is 1. The average molecular weight is 287 g/mol. The van der Waals surface area contributed by atoms with Gasteiger partial charge in [-0.25, -0.2) is 0 Å². The summed E-state index contributed by atoms with van der Waals surface area (Å²) in [5, 5.41) is 7.84. The molecule has 0 unspecified atom stereocenters. The lowest BCUT2D eigenvalue weighted by Gasteiger charge is -2.27. The molecule has 0 saturated heterocycles. The number of nitrogens with zero attached hydrogens (tertiary/aromatic N) is 4. The van der Waals surface area contributed by atoms with Crippen molar-refractivity contribution < 1.29 is 9.53 Å². The lowest BCUT2D eigenvalue weighted by Crippen LogP contribution is -2.40. The molecule has 0 radical (unpaired) electrons. The lowest BCUT2D eigenvalue weighted by molar-refractivity contribution is -0.134. The Labute approximate surface area is 122 Å². The van der Waals surface area contributed by atoms with Crippen LogP contribution in [-0.2, 0) is 24.4 Å². The molecule has 1 aliphatic heterocycles. The third-order valence-corrected chi connectivity index (χ3v) is 3.54. The van der Waals surface area contributed by atoms with Gasteiger partial charge < -0.3 is 19.9 Å². The Hall–Kier alpha value is -2.41. The molecule has 1 aliphatic rings. The molecule has 0 aliphatic carbocycles. The van der Waals surface area contributed by atoms with Gasteiger partial charge in [0.15, 0.2) is 12.4 Å². The smallest absolute Gasteiger partial charge is 0.260 e. The van der Waals surface area contributed by atoms with Gasteiger partial charge in [-0.05, 0) is 6.07 Å². The van der Waals surface area contributed by atoms with E-state index in [1.165, 1.54) is 0 Å². The van der Waals surface area contributed by atoms with Gasteiger partial charge in [0.25, 0.3) is 5.91 Å². The van der Waals surface area contributed by atoms with Gasteiger partial charge in [-0.3, -0.25) is 4.79 Å². The first-order chi connectivity index (χ1) is 10.3. The number of para-hydroxylation sites is 1.